The number of carbonyl (C=O) groups is 3. The van der Waals surface area contributed by atoms with Gasteiger partial charge >= 0.3 is 4.87 Å². The maximum absolute atomic E-state index is 13.9. The van der Waals surface area contributed by atoms with Crippen LogP contribution in [0.1, 0.15) is 16.4 Å². The van der Waals surface area contributed by atoms with Crippen molar-refractivity contribution >= 4 is 58.1 Å². The fourth-order valence-electron chi connectivity index (χ4n) is 5.13. The number of imide groups is 1. The van der Waals surface area contributed by atoms with Crippen LogP contribution in [0, 0.1) is 11.7 Å². The van der Waals surface area contributed by atoms with Gasteiger partial charge in [-0.1, -0.05) is 34.7 Å². The standard InChI is InChI=1S/C26H21ClFN3O6S2/c27-13-1-6-17(37-12-18(32)30-7-9-36-10-8-30)16(11-13)19-20-22(38-23-21(19)39-26(35)29-23)25(34)31(24(20)33)15-4-2-14(28)3-5-15/h1-6,11,19-20,22H,7-10,12H2,(H,29,35)/t19-,20?,22?/m1/s1. The maximum atomic E-state index is 13.9. The highest BCUT2D eigenvalue weighted by Gasteiger charge is 2.56. The molecule has 2 unspecified atom stereocenters. The maximum Gasteiger partial charge on any atom is 0.305 e. The zero-order valence-corrected chi connectivity index (χ0v) is 22.6. The van der Waals surface area contributed by atoms with Crippen LogP contribution in [0.3, 0.4) is 0 Å². The van der Waals surface area contributed by atoms with Gasteiger partial charge in [-0.05, 0) is 42.5 Å². The van der Waals surface area contributed by atoms with E-state index in [4.69, 9.17) is 21.1 Å². The Morgan fingerprint density at radius 3 is 2.59 bits per heavy atom. The second-order valence-corrected chi connectivity index (χ2v) is 11.8. The Morgan fingerprint density at radius 1 is 1.10 bits per heavy atom. The molecule has 4 heterocycles. The lowest BCUT2D eigenvalue weighted by Gasteiger charge is -2.31. The minimum atomic E-state index is -0.887. The average molecular weight is 590 g/mol. The number of ether oxygens (including phenoxy) is 2. The van der Waals surface area contributed by atoms with Crippen molar-refractivity contribution in [3.05, 3.63) is 73.4 Å². The van der Waals surface area contributed by atoms with Crippen molar-refractivity contribution in [2.45, 2.75) is 16.2 Å². The lowest BCUT2D eigenvalue weighted by Crippen LogP contribution is -2.43. The van der Waals surface area contributed by atoms with E-state index in [1.165, 1.54) is 24.3 Å². The fourth-order valence-corrected chi connectivity index (χ4v) is 7.82. The highest BCUT2D eigenvalue weighted by molar-refractivity contribution is 8.00. The number of nitrogens with zero attached hydrogens (tertiary/aromatic N) is 2. The van der Waals surface area contributed by atoms with Gasteiger partial charge < -0.3 is 19.4 Å². The van der Waals surface area contributed by atoms with Gasteiger partial charge in [0.15, 0.2) is 6.61 Å². The Labute approximate surface area is 234 Å². The van der Waals surface area contributed by atoms with Crippen molar-refractivity contribution in [2.75, 3.05) is 37.8 Å². The molecular weight excluding hydrogens is 569 g/mol. The smallest absolute Gasteiger partial charge is 0.305 e. The molecule has 1 aromatic heterocycles. The number of benzene rings is 2. The molecule has 2 fully saturated rings. The minimum absolute atomic E-state index is 0.210. The summed E-state index contributed by atoms with van der Waals surface area (Å²) in [5, 5.41) is 0.0176. The molecule has 202 valence electrons. The first-order valence-electron chi connectivity index (χ1n) is 12.1. The summed E-state index contributed by atoms with van der Waals surface area (Å²) in [7, 11) is 0. The largest absolute Gasteiger partial charge is 0.483 e. The number of aromatic nitrogens is 1. The molecule has 0 aliphatic carbocycles. The number of carbonyl (C=O) groups excluding carboxylic acids is 3. The van der Waals surface area contributed by atoms with Crippen molar-refractivity contribution in [1.82, 2.24) is 9.88 Å². The monoisotopic (exact) mass is 589 g/mol. The topological polar surface area (TPSA) is 109 Å². The van der Waals surface area contributed by atoms with Crippen LogP contribution in [-0.2, 0) is 19.1 Å². The third-order valence-corrected chi connectivity index (χ3v) is 9.57. The number of H-pyrrole nitrogens is 1. The first-order chi connectivity index (χ1) is 18.8. The van der Waals surface area contributed by atoms with Crippen molar-refractivity contribution in [3.8, 4) is 5.75 Å². The van der Waals surface area contributed by atoms with Crippen molar-refractivity contribution in [3.63, 3.8) is 0 Å². The number of morpholine rings is 1. The van der Waals surface area contributed by atoms with Crippen molar-refractivity contribution in [2.24, 2.45) is 5.92 Å². The molecule has 13 heteroatoms. The molecule has 3 aliphatic heterocycles. The first kappa shape index (κ1) is 26.1. The molecule has 39 heavy (non-hydrogen) atoms. The molecule has 0 bridgehead atoms. The van der Waals surface area contributed by atoms with Crippen LogP contribution in [-0.4, -0.2) is 65.8 Å². The van der Waals surface area contributed by atoms with E-state index in [0.29, 0.717) is 52.5 Å². The summed E-state index contributed by atoms with van der Waals surface area (Å²) in [5.41, 5.74) is 0.752. The number of fused-ring (bicyclic) bond motifs is 2. The highest BCUT2D eigenvalue weighted by Crippen LogP contribution is 2.54. The van der Waals surface area contributed by atoms with E-state index in [0.717, 1.165) is 28.0 Å². The average Bonchev–Trinajstić information content (AvgIpc) is 3.43. The van der Waals surface area contributed by atoms with Gasteiger partial charge in [0, 0.05) is 34.5 Å². The Kier molecular flexibility index (Phi) is 6.96. The number of hydrogen-bond donors (Lipinski definition) is 1. The molecule has 0 radical (unpaired) electrons. The van der Waals surface area contributed by atoms with Crippen LogP contribution in [0.4, 0.5) is 10.1 Å². The third kappa shape index (κ3) is 4.75. The quantitative estimate of drug-likeness (QED) is 0.455. The lowest BCUT2D eigenvalue weighted by molar-refractivity contribution is -0.137. The van der Waals surface area contributed by atoms with E-state index in [2.05, 4.69) is 4.98 Å². The fraction of sp³-hybridized carbons (Fsp3) is 0.308. The Hall–Kier alpha value is -3.19. The SMILES string of the molecule is O=C(COc1ccc(Cl)cc1[C@H]1c2sc(=O)[nH]c2SC2C(=O)N(c3ccc(F)cc3)C(=O)C21)N1CCOCC1. The third-order valence-electron chi connectivity index (χ3n) is 6.93. The number of thioether (sulfide) groups is 1. The van der Waals surface area contributed by atoms with Crippen LogP contribution in [0.5, 0.6) is 5.75 Å². The summed E-state index contributed by atoms with van der Waals surface area (Å²) >= 11 is 8.47. The molecule has 0 spiro atoms. The summed E-state index contributed by atoms with van der Waals surface area (Å²) in [4.78, 5) is 58.4. The molecule has 2 saturated heterocycles. The Bertz CT molecular complexity index is 1520. The van der Waals surface area contributed by atoms with E-state index >= 15 is 0 Å². The molecule has 3 amide bonds. The highest BCUT2D eigenvalue weighted by atomic mass is 35.5. The number of amides is 3. The van der Waals surface area contributed by atoms with Gasteiger partial charge in [0.25, 0.3) is 5.91 Å². The lowest BCUT2D eigenvalue weighted by atomic mass is 9.82. The predicted octanol–water partition coefficient (Wildman–Crippen LogP) is 3.26. The van der Waals surface area contributed by atoms with E-state index in [9.17, 15) is 23.6 Å². The van der Waals surface area contributed by atoms with Gasteiger partial charge in [-0.3, -0.25) is 19.2 Å². The second kappa shape index (κ2) is 10.4. The molecule has 3 aliphatic rings. The number of thiazole rings is 1. The first-order valence-corrected chi connectivity index (χ1v) is 14.2. The minimum Gasteiger partial charge on any atom is -0.483 e. The summed E-state index contributed by atoms with van der Waals surface area (Å²) < 4.78 is 24.9. The molecule has 3 aromatic rings. The van der Waals surface area contributed by atoms with Crippen molar-refractivity contribution < 1.29 is 28.2 Å². The van der Waals surface area contributed by atoms with E-state index in [1.54, 1.807) is 23.1 Å². The van der Waals surface area contributed by atoms with Crippen LogP contribution >= 0.6 is 34.7 Å². The van der Waals surface area contributed by atoms with Gasteiger partial charge in [-0.2, -0.15) is 0 Å². The van der Waals surface area contributed by atoms with Crippen LogP contribution in [0.25, 0.3) is 0 Å². The zero-order chi connectivity index (χ0) is 27.3. The number of anilines is 1. The normalized spacial score (nSPS) is 22.6. The number of rotatable bonds is 5. The Morgan fingerprint density at radius 2 is 1.85 bits per heavy atom. The van der Waals surface area contributed by atoms with Gasteiger partial charge in [0.05, 0.1) is 29.8 Å². The molecule has 9 nitrogen and oxygen atoms in total. The number of hydrogen-bond acceptors (Lipinski definition) is 8. The van der Waals surface area contributed by atoms with Gasteiger partial charge in [0.1, 0.15) is 16.8 Å². The number of nitrogens with one attached hydrogen (secondary N) is 1. The second-order valence-electron chi connectivity index (χ2n) is 9.20. The molecule has 6 rings (SSSR count). The summed E-state index contributed by atoms with van der Waals surface area (Å²) in [6.45, 7) is 1.60. The van der Waals surface area contributed by atoms with Crippen LogP contribution < -0.4 is 14.5 Å². The molecule has 3 atom stereocenters. The molecular formula is C26H21ClFN3O6S2. The summed E-state index contributed by atoms with van der Waals surface area (Å²) in [6.07, 6.45) is 0. The summed E-state index contributed by atoms with van der Waals surface area (Å²) in [6, 6.07) is 10.0. The molecule has 2 aromatic carbocycles. The number of halogens is 2. The van der Waals surface area contributed by atoms with E-state index in [1.807, 2.05) is 0 Å². The van der Waals surface area contributed by atoms with Crippen molar-refractivity contribution in [1.29, 1.82) is 0 Å². The predicted molar refractivity (Wildman–Crippen MR) is 143 cm³/mol. The van der Waals surface area contributed by atoms with Gasteiger partial charge in [-0.25, -0.2) is 9.29 Å². The van der Waals surface area contributed by atoms with E-state index in [-0.39, 0.29) is 23.1 Å². The van der Waals surface area contributed by atoms with Gasteiger partial charge in [-0.15, -0.1) is 0 Å². The van der Waals surface area contributed by atoms with E-state index < -0.39 is 34.7 Å². The molecule has 0 saturated carbocycles. The number of aromatic amines is 1. The molecule has 1 N–H and O–H groups in total. The van der Waals surface area contributed by atoms with Crippen LogP contribution in [0.15, 0.2) is 52.3 Å². The Balaban J connectivity index is 1.39. The van der Waals surface area contributed by atoms with Crippen LogP contribution in [0.2, 0.25) is 5.02 Å². The van der Waals surface area contributed by atoms with Gasteiger partial charge in [0.2, 0.25) is 11.8 Å². The zero-order valence-electron chi connectivity index (χ0n) is 20.2. The summed E-state index contributed by atoms with van der Waals surface area (Å²) in [5.74, 6) is -2.95.